The Bertz CT molecular complexity index is 600. The Kier molecular flexibility index (Phi) is 12.4. The maximum Gasteiger partial charge on any atom is 0.146 e. The molecular formula is C26H50O5Si. The summed E-state index contributed by atoms with van der Waals surface area (Å²) in [4.78, 5) is 0. The van der Waals surface area contributed by atoms with E-state index < -0.39 is 19.3 Å². The highest BCUT2D eigenvalue weighted by Crippen LogP contribution is 2.35. The second-order valence-corrected chi connectivity index (χ2v) is 17.1. The molecule has 5 nitrogen and oxygen atoms in total. The number of hydrogen-bond donors (Lipinski definition) is 2. The summed E-state index contributed by atoms with van der Waals surface area (Å²) >= 11 is 0. The highest BCUT2D eigenvalue weighted by molar-refractivity contribution is 6.76. The van der Waals surface area contributed by atoms with E-state index in [0.29, 0.717) is 19.4 Å². The molecule has 1 aliphatic heterocycles. The van der Waals surface area contributed by atoms with E-state index in [-0.39, 0.29) is 25.6 Å². The minimum absolute atomic E-state index is 0.160. The van der Waals surface area contributed by atoms with Crippen molar-refractivity contribution in [2.24, 2.45) is 0 Å². The van der Waals surface area contributed by atoms with Gasteiger partial charge in [0.05, 0.1) is 24.4 Å². The molecule has 2 N–H and O–H groups in total. The lowest BCUT2D eigenvalue weighted by atomic mass is 9.90. The smallest absolute Gasteiger partial charge is 0.146 e. The van der Waals surface area contributed by atoms with Crippen LogP contribution in [-0.4, -0.2) is 61.7 Å². The highest BCUT2D eigenvalue weighted by Gasteiger charge is 2.45. The maximum absolute atomic E-state index is 11.0. The van der Waals surface area contributed by atoms with Gasteiger partial charge in [0, 0.05) is 14.7 Å². The zero-order valence-corrected chi connectivity index (χ0v) is 23.0. The first-order valence-electron chi connectivity index (χ1n) is 12.3. The van der Waals surface area contributed by atoms with Crippen LogP contribution in [0.1, 0.15) is 73.1 Å². The van der Waals surface area contributed by atoms with Crippen molar-refractivity contribution in [2.45, 2.75) is 122 Å². The average Bonchev–Trinajstić information content (AvgIpc) is 3.15. The number of aliphatic hydroxyl groups is 2. The molecule has 0 amide bonds. The minimum atomic E-state index is -1.11. The fourth-order valence-electron chi connectivity index (χ4n) is 3.85. The van der Waals surface area contributed by atoms with E-state index in [1.54, 1.807) is 6.92 Å². The number of rotatable bonds is 15. The van der Waals surface area contributed by atoms with Crippen molar-refractivity contribution in [3.8, 4) is 0 Å². The quantitative estimate of drug-likeness (QED) is 0.136. The molecule has 32 heavy (non-hydrogen) atoms. The summed E-state index contributed by atoms with van der Waals surface area (Å²) in [7, 11) is -1.11. The molecule has 1 fully saturated rings. The Balaban J connectivity index is 2.38. The van der Waals surface area contributed by atoms with Crippen LogP contribution >= 0.6 is 0 Å². The summed E-state index contributed by atoms with van der Waals surface area (Å²) in [5.41, 5.74) is 0.691. The Labute approximate surface area is 198 Å². The van der Waals surface area contributed by atoms with Crippen molar-refractivity contribution in [1.82, 2.24) is 0 Å². The molecule has 0 bridgehead atoms. The van der Waals surface area contributed by atoms with E-state index in [2.05, 4.69) is 52.6 Å². The topological polar surface area (TPSA) is 68.2 Å². The van der Waals surface area contributed by atoms with Gasteiger partial charge in [0.1, 0.15) is 12.4 Å². The molecule has 0 radical (unpaired) electrons. The molecular weight excluding hydrogens is 420 g/mol. The largest absolute Gasteiger partial charge is 0.387 e. The molecule has 1 heterocycles. The summed E-state index contributed by atoms with van der Waals surface area (Å²) in [6.45, 7) is 18.0. The molecule has 1 rings (SSSR count). The van der Waals surface area contributed by atoms with E-state index in [4.69, 9.17) is 14.2 Å². The lowest BCUT2D eigenvalue weighted by Crippen LogP contribution is -2.46. The van der Waals surface area contributed by atoms with Crippen LogP contribution in [0.4, 0.5) is 0 Å². The Morgan fingerprint density at radius 1 is 0.969 bits per heavy atom. The van der Waals surface area contributed by atoms with E-state index in [9.17, 15) is 10.2 Å². The minimum Gasteiger partial charge on any atom is -0.387 e. The van der Waals surface area contributed by atoms with Crippen molar-refractivity contribution in [3.63, 3.8) is 0 Å². The fraction of sp³-hybridized carbons (Fsp3) is 0.846. The monoisotopic (exact) mass is 470 g/mol. The van der Waals surface area contributed by atoms with Crippen LogP contribution in [0.15, 0.2) is 23.3 Å². The van der Waals surface area contributed by atoms with Crippen molar-refractivity contribution in [1.29, 1.82) is 0 Å². The van der Waals surface area contributed by atoms with Crippen LogP contribution < -0.4 is 0 Å². The van der Waals surface area contributed by atoms with Crippen LogP contribution in [0.3, 0.4) is 0 Å². The van der Waals surface area contributed by atoms with Crippen LogP contribution in [0, 0.1) is 0 Å². The maximum atomic E-state index is 11.0. The molecule has 188 valence electrons. The summed E-state index contributed by atoms with van der Waals surface area (Å²) in [5, 5.41) is 21.9. The lowest BCUT2D eigenvalue weighted by molar-refractivity contribution is -0.175. The number of hydrogen-bond acceptors (Lipinski definition) is 5. The van der Waals surface area contributed by atoms with Crippen molar-refractivity contribution < 1.29 is 24.4 Å². The molecule has 0 saturated carbocycles. The third-order valence-electron chi connectivity index (χ3n) is 6.20. The second-order valence-electron chi connectivity index (χ2n) is 11.5. The molecule has 4 atom stereocenters. The molecule has 1 saturated heterocycles. The number of allylic oxidation sites excluding steroid dienone is 4. The normalized spacial score (nSPS) is 23.6. The second kappa shape index (κ2) is 13.4. The highest BCUT2D eigenvalue weighted by atomic mass is 28.3. The molecule has 1 aliphatic rings. The molecule has 0 aromatic rings. The third-order valence-corrected chi connectivity index (χ3v) is 7.90. The van der Waals surface area contributed by atoms with E-state index >= 15 is 0 Å². The van der Waals surface area contributed by atoms with Gasteiger partial charge in [-0.15, -0.1) is 0 Å². The van der Waals surface area contributed by atoms with Crippen molar-refractivity contribution >= 4 is 8.07 Å². The van der Waals surface area contributed by atoms with Crippen molar-refractivity contribution in [2.75, 3.05) is 20.0 Å². The summed E-state index contributed by atoms with van der Waals surface area (Å²) in [6.07, 6.45) is 8.92. The SMILES string of the molecule is CC(C)=CCC/C(C)=C/CC[C@@](C)(O)[C@@H]1CC[C@@H]([C@](C)(O)COCOCC[Si](C)(C)C)O1. The molecule has 6 heteroatoms. The molecule has 0 aromatic carbocycles. The Morgan fingerprint density at radius 3 is 2.19 bits per heavy atom. The summed E-state index contributed by atoms with van der Waals surface area (Å²) < 4.78 is 17.2. The van der Waals surface area contributed by atoms with Gasteiger partial charge in [-0.1, -0.05) is 42.9 Å². The van der Waals surface area contributed by atoms with Gasteiger partial charge in [0.2, 0.25) is 0 Å². The van der Waals surface area contributed by atoms with Gasteiger partial charge >= 0.3 is 0 Å². The van der Waals surface area contributed by atoms with Gasteiger partial charge in [-0.3, -0.25) is 0 Å². The summed E-state index contributed by atoms with van der Waals surface area (Å²) in [6, 6.07) is 1.10. The predicted molar refractivity (Wildman–Crippen MR) is 136 cm³/mol. The predicted octanol–water partition coefficient (Wildman–Crippen LogP) is 5.84. The average molecular weight is 471 g/mol. The standard InChI is InChI=1S/C26H50O5Si/c1-21(2)11-9-12-22(3)13-10-16-25(4,27)23-14-15-24(31-23)26(5,28)19-30-20-29-17-18-32(6,7)8/h11,13,23-24,27-28H,9-10,12,14-20H2,1-8H3/b22-13+/t23-,24-,25+,26+/m0/s1. The summed E-state index contributed by atoms with van der Waals surface area (Å²) in [5.74, 6) is 0. The van der Waals surface area contributed by atoms with Gasteiger partial charge < -0.3 is 24.4 Å². The zero-order valence-electron chi connectivity index (χ0n) is 22.0. The Morgan fingerprint density at radius 2 is 1.59 bits per heavy atom. The van der Waals surface area contributed by atoms with Crippen LogP contribution in [-0.2, 0) is 14.2 Å². The van der Waals surface area contributed by atoms with Gasteiger partial charge in [0.25, 0.3) is 0 Å². The van der Waals surface area contributed by atoms with Crippen LogP contribution in [0.25, 0.3) is 0 Å². The fourth-order valence-corrected chi connectivity index (χ4v) is 4.61. The Hall–Kier alpha value is -0.503. The molecule has 0 aliphatic carbocycles. The molecule has 0 aromatic heterocycles. The lowest BCUT2D eigenvalue weighted by Gasteiger charge is -2.33. The van der Waals surface area contributed by atoms with E-state index in [1.807, 2.05) is 6.92 Å². The van der Waals surface area contributed by atoms with Crippen LogP contribution in [0.2, 0.25) is 25.7 Å². The van der Waals surface area contributed by atoms with Gasteiger partial charge in [0.15, 0.2) is 0 Å². The van der Waals surface area contributed by atoms with Gasteiger partial charge in [-0.2, -0.15) is 0 Å². The third kappa shape index (κ3) is 12.1. The first kappa shape index (κ1) is 29.5. The first-order valence-corrected chi connectivity index (χ1v) is 16.0. The molecule has 0 unspecified atom stereocenters. The van der Waals surface area contributed by atoms with E-state index in [1.165, 1.54) is 11.1 Å². The van der Waals surface area contributed by atoms with Crippen LogP contribution in [0.5, 0.6) is 0 Å². The number of ether oxygens (including phenoxy) is 3. The van der Waals surface area contributed by atoms with Gasteiger partial charge in [-0.05, 0) is 79.2 Å². The van der Waals surface area contributed by atoms with Crippen molar-refractivity contribution in [3.05, 3.63) is 23.3 Å². The van der Waals surface area contributed by atoms with Gasteiger partial charge in [-0.25, -0.2) is 0 Å². The zero-order chi connectivity index (χ0) is 24.4. The first-order chi connectivity index (χ1) is 14.7. The molecule has 0 spiro atoms. The van der Waals surface area contributed by atoms with E-state index in [0.717, 1.165) is 31.7 Å².